The highest BCUT2D eigenvalue weighted by Crippen LogP contribution is 2.29. The fourth-order valence-corrected chi connectivity index (χ4v) is 2.94. The third kappa shape index (κ3) is 2.73. The molecule has 2 aromatic carbocycles. The average Bonchev–Trinajstić information content (AvgIpc) is 2.77. The zero-order valence-corrected chi connectivity index (χ0v) is 13.1. The summed E-state index contributed by atoms with van der Waals surface area (Å²) < 4.78 is 15.4. The molecule has 0 saturated heterocycles. The van der Waals surface area contributed by atoms with Crippen LogP contribution in [0.25, 0.3) is 16.7 Å². The van der Waals surface area contributed by atoms with Crippen molar-refractivity contribution in [1.82, 2.24) is 9.55 Å². The lowest BCUT2D eigenvalue weighted by Crippen LogP contribution is -2.03. The molecule has 1 aromatic heterocycles. The van der Waals surface area contributed by atoms with Crippen LogP contribution >= 0.6 is 34.8 Å². The van der Waals surface area contributed by atoms with Crippen molar-refractivity contribution in [2.75, 3.05) is 5.88 Å². The number of fused-ring (bicyclic) bond motifs is 1. The second kappa shape index (κ2) is 5.84. The summed E-state index contributed by atoms with van der Waals surface area (Å²) in [4.78, 5) is 4.50. The summed E-state index contributed by atoms with van der Waals surface area (Å²) >= 11 is 18.0. The number of hydrogen-bond donors (Lipinski definition) is 0. The number of nitrogens with zero attached hydrogens (tertiary/aromatic N) is 2. The molecule has 1 heterocycles. The highest BCUT2D eigenvalue weighted by atomic mass is 35.5. The molecule has 0 saturated carbocycles. The molecular weight excluding hydrogens is 334 g/mol. The molecule has 0 aliphatic carbocycles. The van der Waals surface area contributed by atoms with Gasteiger partial charge in [-0.25, -0.2) is 9.37 Å². The number of benzene rings is 2. The maximum Gasteiger partial charge on any atom is 0.125 e. The van der Waals surface area contributed by atoms with E-state index in [1.807, 2.05) is 4.57 Å². The molecule has 0 aliphatic heterocycles. The Labute approximate surface area is 136 Å². The molecule has 108 valence electrons. The van der Waals surface area contributed by atoms with Crippen LogP contribution in [0, 0.1) is 5.82 Å². The van der Waals surface area contributed by atoms with Gasteiger partial charge in [-0.3, -0.25) is 4.57 Å². The van der Waals surface area contributed by atoms with E-state index in [-0.39, 0.29) is 5.82 Å². The number of aryl methyl sites for hydroxylation is 1. The van der Waals surface area contributed by atoms with Gasteiger partial charge in [0.15, 0.2) is 0 Å². The zero-order chi connectivity index (χ0) is 15.0. The lowest BCUT2D eigenvalue weighted by atomic mass is 10.2. The molecule has 0 spiro atoms. The molecule has 3 aromatic rings. The van der Waals surface area contributed by atoms with Crippen LogP contribution in [0.15, 0.2) is 36.4 Å². The standard InChI is InChI=1S/C15H10Cl3FN2/c16-6-5-15-20-12-3-2-10(19)8-14(12)21(15)13-4-1-9(17)7-11(13)18/h1-4,7-8H,5-6H2. The number of aromatic nitrogens is 2. The first-order valence-corrected chi connectivity index (χ1v) is 7.57. The lowest BCUT2D eigenvalue weighted by molar-refractivity contribution is 0.629. The van der Waals surface area contributed by atoms with E-state index in [9.17, 15) is 4.39 Å². The quantitative estimate of drug-likeness (QED) is 0.594. The summed E-state index contributed by atoms with van der Waals surface area (Å²) in [5.41, 5.74) is 2.05. The first-order valence-electron chi connectivity index (χ1n) is 6.28. The summed E-state index contributed by atoms with van der Waals surface area (Å²) in [7, 11) is 0. The van der Waals surface area contributed by atoms with Crippen LogP contribution in [-0.2, 0) is 6.42 Å². The van der Waals surface area contributed by atoms with Gasteiger partial charge in [0.05, 0.1) is 21.7 Å². The van der Waals surface area contributed by atoms with Crippen LogP contribution in [0.4, 0.5) is 4.39 Å². The molecule has 0 amide bonds. The van der Waals surface area contributed by atoms with E-state index in [4.69, 9.17) is 34.8 Å². The second-order valence-electron chi connectivity index (χ2n) is 4.53. The summed E-state index contributed by atoms with van der Waals surface area (Å²) in [6.45, 7) is 0. The normalized spacial score (nSPS) is 11.2. The maximum absolute atomic E-state index is 13.6. The van der Waals surface area contributed by atoms with Crippen LogP contribution in [-0.4, -0.2) is 15.4 Å². The zero-order valence-electron chi connectivity index (χ0n) is 10.8. The molecule has 0 fully saturated rings. The van der Waals surface area contributed by atoms with E-state index >= 15 is 0 Å². The van der Waals surface area contributed by atoms with Crippen molar-refractivity contribution < 1.29 is 4.39 Å². The molecule has 3 rings (SSSR count). The lowest BCUT2D eigenvalue weighted by Gasteiger charge is -2.11. The smallest absolute Gasteiger partial charge is 0.125 e. The summed E-state index contributed by atoms with van der Waals surface area (Å²) in [6, 6.07) is 9.63. The van der Waals surface area contributed by atoms with Gasteiger partial charge in [0.25, 0.3) is 0 Å². The minimum atomic E-state index is -0.328. The van der Waals surface area contributed by atoms with Crippen molar-refractivity contribution in [2.24, 2.45) is 0 Å². The number of rotatable bonds is 3. The molecule has 0 radical (unpaired) electrons. The van der Waals surface area contributed by atoms with Gasteiger partial charge in [0.1, 0.15) is 11.6 Å². The Balaban J connectivity index is 2.32. The molecule has 2 nitrogen and oxygen atoms in total. The van der Waals surface area contributed by atoms with Gasteiger partial charge in [-0.1, -0.05) is 23.2 Å². The van der Waals surface area contributed by atoms with Crippen molar-refractivity contribution in [3.8, 4) is 5.69 Å². The first kappa shape index (κ1) is 14.6. The number of hydrogen-bond acceptors (Lipinski definition) is 1. The maximum atomic E-state index is 13.6. The first-order chi connectivity index (χ1) is 10.1. The fraction of sp³-hybridized carbons (Fsp3) is 0.133. The highest BCUT2D eigenvalue weighted by Gasteiger charge is 2.15. The molecular formula is C15H10Cl3FN2. The molecule has 0 aliphatic rings. The monoisotopic (exact) mass is 342 g/mol. The Morgan fingerprint density at radius 3 is 2.62 bits per heavy atom. The minimum Gasteiger partial charge on any atom is -0.295 e. The van der Waals surface area contributed by atoms with Gasteiger partial charge >= 0.3 is 0 Å². The Bertz CT molecular complexity index is 814. The number of alkyl halides is 1. The highest BCUT2D eigenvalue weighted by molar-refractivity contribution is 6.35. The van der Waals surface area contributed by atoms with E-state index in [0.29, 0.717) is 39.1 Å². The van der Waals surface area contributed by atoms with E-state index in [0.717, 1.165) is 5.82 Å². The van der Waals surface area contributed by atoms with Crippen molar-refractivity contribution in [3.63, 3.8) is 0 Å². The Morgan fingerprint density at radius 2 is 1.90 bits per heavy atom. The molecule has 21 heavy (non-hydrogen) atoms. The van der Waals surface area contributed by atoms with Crippen LogP contribution in [0.1, 0.15) is 5.82 Å². The average molecular weight is 344 g/mol. The van der Waals surface area contributed by atoms with Crippen molar-refractivity contribution in [2.45, 2.75) is 6.42 Å². The molecule has 6 heteroatoms. The topological polar surface area (TPSA) is 17.8 Å². The Hall–Kier alpha value is -1.29. The van der Waals surface area contributed by atoms with Gasteiger partial charge in [-0.05, 0) is 30.3 Å². The van der Waals surface area contributed by atoms with E-state index in [1.165, 1.54) is 12.1 Å². The third-order valence-electron chi connectivity index (χ3n) is 3.15. The third-order valence-corrected chi connectivity index (χ3v) is 3.88. The summed E-state index contributed by atoms with van der Waals surface area (Å²) in [5.74, 6) is 0.817. The molecule has 0 unspecified atom stereocenters. The Morgan fingerprint density at radius 1 is 1.10 bits per heavy atom. The van der Waals surface area contributed by atoms with Crippen molar-refractivity contribution in [3.05, 3.63) is 58.1 Å². The number of imidazole rings is 1. The number of halogens is 4. The van der Waals surface area contributed by atoms with Crippen molar-refractivity contribution >= 4 is 45.8 Å². The predicted molar refractivity (Wildman–Crippen MR) is 85.5 cm³/mol. The van der Waals surface area contributed by atoms with Gasteiger partial charge in [0, 0.05) is 23.4 Å². The predicted octanol–water partition coefficient (Wildman–Crippen LogP) is 5.25. The summed E-state index contributed by atoms with van der Waals surface area (Å²) in [6.07, 6.45) is 0.552. The molecule has 0 atom stereocenters. The fourth-order valence-electron chi connectivity index (χ4n) is 2.28. The SMILES string of the molecule is Fc1ccc2nc(CCCl)n(-c3ccc(Cl)cc3Cl)c2c1. The van der Waals surface area contributed by atoms with Crippen LogP contribution in [0.3, 0.4) is 0 Å². The van der Waals surface area contributed by atoms with Gasteiger partial charge in [0.2, 0.25) is 0 Å². The van der Waals surface area contributed by atoms with E-state index in [1.54, 1.807) is 24.3 Å². The van der Waals surface area contributed by atoms with Crippen LogP contribution in [0.5, 0.6) is 0 Å². The molecule has 0 N–H and O–H groups in total. The largest absolute Gasteiger partial charge is 0.295 e. The van der Waals surface area contributed by atoms with Crippen LogP contribution < -0.4 is 0 Å². The van der Waals surface area contributed by atoms with Gasteiger partial charge in [-0.15, -0.1) is 11.6 Å². The van der Waals surface area contributed by atoms with Gasteiger partial charge in [-0.2, -0.15) is 0 Å². The van der Waals surface area contributed by atoms with Crippen LogP contribution in [0.2, 0.25) is 10.0 Å². The van der Waals surface area contributed by atoms with Crippen molar-refractivity contribution in [1.29, 1.82) is 0 Å². The minimum absolute atomic E-state index is 0.328. The van der Waals surface area contributed by atoms with Gasteiger partial charge < -0.3 is 0 Å². The second-order valence-corrected chi connectivity index (χ2v) is 5.75. The molecule has 0 bridgehead atoms. The Kier molecular flexibility index (Phi) is 4.07. The van der Waals surface area contributed by atoms with E-state index < -0.39 is 0 Å². The van der Waals surface area contributed by atoms with E-state index in [2.05, 4.69) is 4.98 Å². The summed E-state index contributed by atoms with van der Waals surface area (Å²) in [5, 5.41) is 1.01.